The molecule has 1 fully saturated rings. The Morgan fingerprint density at radius 2 is 1.76 bits per heavy atom. The first-order chi connectivity index (χ1) is 10.2. The highest BCUT2D eigenvalue weighted by molar-refractivity contribution is 6.34. The van der Waals surface area contributed by atoms with Crippen LogP contribution in [0.4, 0.5) is 0 Å². The fourth-order valence-electron chi connectivity index (χ4n) is 2.66. The molecule has 1 aliphatic rings. The summed E-state index contributed by atoms with van der Waals surface area (Å²) in [5, 5.41) is 0.823. The molecule has 1 saturated carbocycles. The van der Waals surface area contributed by atoms with Gasteiger partial charge in [-0.25, -0.2) is 19.9 Å². The summed E-state index contributed by atoms with van der Waals surface area (Å²) in [6, 6.07) is 1.65. The van der Waals surface area contributed by atoms with Crippen molar-refractivity contribution in [2.45, 2.75) is 31.6 Å². The van der Waals surface area contributed by atoms with Gasteiger partial charge in [0.2, 0.25) is 5.88 Å². The van der Waals surface area contributed by atoms with E-state index in [2.05, 4.69) is 19.9 Å². The van der Waals surface area contributed by atoms with Crippen molar-refractivity contribution < 1.29 is 4.74 Å². The zero-order valence-electron chi connectivity index (χ0n) is 11.5. The Morgan fingerprint density at radius 3 is 2.38 bits per heavy atom. The summed E-state index contributed by atoms with van der Waals surface area (Å²) in [6.45, 7) is 0. The molecule has 0 spiro atoms. The van der Waals surface area contributed by atoms with E-state index in [4.69, 9.17) is 27.9 Å². The molecule has 0 unspecified atom stereocenters. The third kappa shape index (κ3) is 2.94. The van der Waals surface area contributed by atoms with E-state index in [-0.39, 0.29) is 0 Å². The molecular weight excluding hydrogens is 311 g/mol. The lowest BCUT2D eigenvalue weighted by Crippen LogP contribution is -2.02. The number of hydrogen-bond acceptors (Lipinski definition) is 5. The van der Waals surface area contributed by atoms with E-state index in [1.54, 1.807) is 6.07 Å². The van der Waals surface area contributed by atoms with Crippen LogP contribution in [-0.4, -0.2) is 27.0 Å². The summed E-state index contributed by atoms with van der Waals surface area (Å²) < 4.78 is 5.07. The molecule has 0 atom stereocenters. The van der Waals surface area contributed by atoms with Crippen molar-refractivity contribution in [3.63, 3.8) is 0 Å². The van der Waals surface area contributed by atoms with Crippen LogP contribution >= 0.6 is 23.2 Å². The van der Waals surface area contributed by atoms with Crippen LogP contribution < -0.4 is 4.74 Å². The van der Waals surface area contributed by atoms with Crippen molar-refractivity contribution >= 4 is 23.2 Å². The number of methoxy groups -OCH3 is 1. The third-order valence-electron chi connectivity index (χ3n) is 3.70. The molecule has 7 heteroatoms. The number of halogens is 2. The van der Waals surface area contributed by atoms with Crippen molar-refractivity contribution in [3.8, 4) is 17.4 Å². The molecule has 0 N–H and O–H groups in total. The minimum Gasteiger partial charge on any atom is -0.481 e. The second-order valence-corrected chi connectivity index (χ2v) is 5.69. The molecule has 0 radical (unpaired) electrons. The number of aromatic nitrogens is 4. The highest BCUT2D eigenvalue weighted by atomic mass is 35.5. The Kier molecular flexibility index (Phi) is 4.22. The number of hydrogen-bond donors (Lipinski definition) is 0. The lowest BCUT2D eigenvalue weighted by atomic mass is 10.0. The number of rotatable bonds is 3. The molecule has 0 aromatic carbocycles. The lowest BCUT2D eigenvalue weighted by Gasteiger charge is -2.13. The van der Waals surface area contributed by atoms with Crippen molar-refractivity contribution in [1.82, 2.24) is 19.9 Å². The first kappa shape index (κ1) is 14.5. The highest BCUT2D eigenvalue weighted by Gasteiger charge is 2.25. The largest absolute Gasteiger partial charge is 0.481 e. The summed E-state index contributed by atoms with van der Waals surface area (Å²) >= 11 is 12.7. The average Bonchev–Trinajstić information content (AvgIpc) is 3.00. The van der Waals surface area contributed by atoms with E-state index in [0.717, 1.165) is 18.4 Å². The molecule has 2 aromatic heterocycles. The molecule has 5 nitrogen and oxygen atoms in total. The van der Waals surface area contributed by atoms with E-state index in [9.17, 15) is 0 Å². The lowest BCUT2D eigenvalue weighted by molar-refractivity contribution is 0.397. The maximum Gasteiger partial charge on any atom is 0.216 e. The predicted octanol–water partition coefficient (Wildman–Crippen LogP) is 3.91. The number of nitrogens with zero attached hydrogens (tertiary/aromatic N) is 4. The fourth-order valence-corrected chi connectivity index (χ4v) is 3.35. The fraction of sp³-hybridized carbons (Fsp3) is 0.429. The molecule has 0 saturated heterocycles. The van der Waals surface area contributed by atoms with Crippen LogP contribution in [-0.2, 0) is 0 Å². The molecule has 0 bridgehead atoms. The second-order valence-electron chi connectivity index (χ2n) is 4.97. The van der Waals surface area contributed by atoms with Gasteiger partial charge in [-0.15, -0.1) is 0 Å². The Labute approximate surface area is 132 Å². The first-order valence-corrected chi connectivity index (χ1v) is 7.54. The second kappa shape index (κ2) is 6.12. The molecule has 1 aliphatic carbocycles. The van der Waals surface area contributed by atoms with Crippen LogP contribution in [0.15, 0.2) is 12.4 Å². The normalized spacial score (nSPS) is 15.4. The van der Waals surface area contributed by atoms with Gasteiger partial charge in [0.1, 0.15) is 22.3 Å². The van der Waals surface area contributed by atoms with Gasteiger partial charge in [0.05, 0.1) is 7.11 Å². The molecule has 21 heavy (non-hydrogen) atoms. The van der Waals surface area contributed by atoms with Crippen molar-refractivity contribution in [2.24, 2.45) is 0 Å². The van der Waals surface area contributed by atoms with Crippen LogP contribution in [0.5, 0.6) is 5.88 Å². The van der Waals surface area contributed by atoms with E-state index in [1.807, 2.05) is 0 Å². The van der Waals surface area contributed by atoms with Gasteiger partial charge in [-0.1, -0.05) is 36.0 Å². The molecule has 0 aliphatic heterocycles. The Balaban J connectivity index is 2.01. The summed E-state index contributed by atoms with van der Waals surface area (Å²) in [4.78, 5) is 16.8. The van der Waals surface area contributed by atoms with Gasteiger partial charge in [0.25, 0.3) is 0 Å². The van der Waals surface area contributed by atoms with Gasteiger partial charge in [-0.2, -0.15) is 0 Å². The van der Waals surface area contributed by atoms with E-state index in [0.29, 0.717) is 33.6 Å². The van der Waals surface area contributed by atoms with Crippen LogP contribution in [0.1, 0.15) is 37.2 Å². The summed E-state index contributed by atoms with van der Waals surface area (Å²) in [5.41, 5.74) is 1.39. The minimum absolute atomic E-state index is 0.360. The van der Waals surface area contributed by atoms with Crippen molar-refractivity contribution in [1.29, 1.82) is 0 Å². The predicted molar refractivity (Wildman–Crippen MR) is 80.8 cm³/mol. The van der Waals surface area contributed by atoms with Gasteiger partial charge < -0.3 is 4.74 Å². The van der Waals surface area contributed by atoms with Crippen LogP contribution in [0, 0.1) is 0 Å². The molecule has 3 rings (SSSR count). The standard InChI is InChI=1S/C14H14Cl2N4O/c1-21-10-6-9(17-7-18-10)14-19-12(15)11(13(16)20-14)8-4-2-3-5-8/h6-8H,2-5H2,1H3. The maximum atomic E-state index is 6.33. The molecular formula is C14H14Cl2N4O. The van der Waals surface area contributed by atoms with Gasteiger partial charge in [-0.3, -0.25) is 0 Å². The van der Waals surface area contributed by atoms with Gasteiger partial charge in [0.15, 0.2) is 5.82 Å². The van der Waals surface area contributed by atoms with E-state index in [1.165, 1.54) is 26.3 Å². The molecule has 110 valence electrons. The van der Waals surface area contributed by atoms with Crippen LogP contribution in [0.2, 0.25) is 10.3 Å². The summed E-state index contributed by atoms with van der Waals surface area (Å²) in [7, 11) is 1.54. The summed E-state index contributed by atoms with van der Waals surface area (Å²) in [5.74, 6) is 1.18. The zero-order valence-corrected chi connectivity index (χ0v) is 13.0. The minimum atomic E-state index is 0.360. The monoisotopic (exact) mass is 324 g/mol. The quantitative estimate of drug-likeness (QED) is 0.801. The van der Waals surface area contributed by atoms with Gasteiger partial charge in [0, 0.05) is 11.6 Å². The van der Waals surface area contributed by atoms with Crippen molar-refractivity contribution in [3.05, 3.63) is 28.3 Å². The maximum absolute atomic E-state index is 6.33. The van der Waals surface area contributed by atoms with Crippen LogP contribution in [0.3, 0.4) is 0 Å². The van der Waals surface area contributed by atoms with Gasteiger partial charge in [-0.05, 0) is 18.8 Å². The highest BCUT2D eigenvalue weighted by Crippen LogP contribution is 2.40. The first-order valence-electron chi connectivity index (χ1n) is 6.78. The average molecular weight is 325 g/mol. The topological polar surface area (TPSA) is 60.8 Å². The molecule has 2 heterocycles. The summed E-state index contributed by atoms with van der Waals surface area (Å²) in [6.07, 6.45) is 5.96. The Morgan fingerprint density at radius 1 is 1.10 bits per heavy atom. The van der Waals surface area contributed by atoms with Crippen LogP contribution in [0.25, 0.3) is 11.5 Å². The van der Waals surface area contributed by atoms with Gasteiger partial charge >= 0.3 is 0 Å². The third-order valence-corrected chi connectivity index (χ3v) is 4.27. The van der Waals surface area contributed by atoms with E-state index >= 15 is 0 Å². The zero-order chi connectivity index (χ0) is 14.8. The van der Waals surface area contributed by atoms with Crippen molar-refractivity contribution in [2.75, 3.05) is 7.11 Å². The Bertz CT molecular complexity index is 636. The molecule has 0 amide bonds. The Hall–Kier alpha value is -1.46. The number of ether oxygens (including phenoxy) is 1. The molecule has 2 aromatic rings. The smallest absolute Gasteiger partial charge is 0.216 e. The van der Waals surface area contributed by atoms with E-state index < -0.39 is 0 Å². The SMILES string of the molecule is COc1cc(-c2nc(Cl)c(C3CCCC3)c(Cl)n2)ncn1.